The van der Waals surface area contributed by atoms with Gasteiger partial charge in [0.1, 0.15) is 6.61 Å². The maximum atomic E-state index is 11.0. The highest BCUT2D eigenvalue weighted by Crippen LogP contribution is 1.95. The molecule has 0 heterocycles. The summed E-state index contributed by atoms with van der Waals surface area (Å²) in [6.45, 7) is 7.11. The fraction of sp³-hybridized carbons (Fsp3) is 0.889. The van der Waals surface area contributed by atoms with Gasteiger partial charge in [-0.25, -0.2) is 0 Å². The molecule has 0 bridgehead atoms. The van der Waals surface area contributed by atoms with Gasteiger partial charge in [0.05, 0.1) is 0 Å². The lowest BCUT2D eigenvalue weighted by Crippen LogP contribution is -2.41. The molecular weight excluding hydrogens is 168 g/mol. The van der Waals surface area contributed by atoms with Crippen molar-refractivity contribution in [3.63, 3.8) is 0 Å². The number of hydrogen-bond acceptors (Lipinski definition) is 3. The van der Waals surface area contributed by atoms with Gasteiger partial charge in [0.25, 0.3) is 0 Å². The van der Waals surface area contributed by atoms with Crippen LogP contribution < -0.4 is 11.1 Å². The Morgan fingerprint density at radius 2 is 2.15 bits per heavy atom. The molecule has 3 N–H and O–H groups in total. The predicted octanol–water partition coefficient (Wildman–Crippen LogP) is 0.122. The maximum Gasteiger partial charge on any atom is 0.246 e. The Morgan fingerprint density at radius 1 is 1.54 bits per heavy atom. The molecule has 0 aliphatic carbocycles. The normalized spacial score (nSPS) is 13.0. The molecule has 0 saturated carbocycles. The van der Waals surface area contributed by atoms with Crippen LogP contribution >= 0.6 is 0 Å². The summed E-state index contributed by atoms with van der Waals surface area (Å²) in [5.41, 5.74) is 5.74. The summed E-state index contributed by atoms with van der Waals surface area (Å²) in [4.78, 5) is 11.0. The van der Waals surface area contributed by atoms with Gasteiger partial charge in [-0.2, -0.15) is 0 Å². The van der Waals surface area contributed by atoms with Crippen molar-refractivity contribution in [3.05, 3.63) is 0 Å². The fourth-order valence-corrected chi connectivity index (χ4v) is 0.713. The lowest BCUT2D eigenvalue weighted by molar-refractivity contribution is -0.125. The second-order valence-corrected chi connectivity index (χ2v) is 3.35. The van der Waals surface area contributed by atoms with Crippen molar-refractivity contribution < 1.29 is 9.53 Å². The molecule has 1 unspecified atom stereocenters. The van der Waals surface area contributed by atoms with Crippen molar-refractivity contribution in [3.8, 4) is 0 Å². The molecule has 0 spiro atoms. The van der Waals surface area contributed by atoms with Crippen molar-refractivity contribution in [1.82, 2.24) is 5.32 Å². The first kappa shape index (κ1) is 12.4. The van der Waals surface area contributed by atoms with E-state index in [0.717, 1.165) is 0 Å². The topological polar surface area (TPSA) is 64.3 Å². The van der Waals surface area contributed by atoms with Gasteiger partial charge in [0.2, 0.25) is 5.91 Å². The van der Waals surface area contributed by atoms with E-state index in [-0.39, 0.29) is 18.6 Å². The standard InChI is InChI=1S/C9H20N2O2/c1-4-13-6-9(12)11-5-8(10)7(2)3/h7-8H,4-6,10H2,1-3H3,(H,11,12). The van der Waals surface area contributed by atoms with Gasteiger partial charge in [0.15, 0.2) is 0 Å². The zero-order valence-electron chi connectivity index (χ0n) is 8.67. The SMILES string of the molecule is CCOCC(=O)NCC(N)C(C)C. The monoisotopic (exact) mass is 188 g/mol. The molecule has 0 aromatic carbocycles. The maximum absolute atomic E-state index is 11.0. The number of hydrogen-bond donors (Lipinski definition) is 2. The minimum atomic E-state index is -0.0991. The number of carbonyl (C=O) groups excluding carboxylic acids is 1. The highest BCUT2D eigenvalue weighted by molar-refractivity contribution is 5.77. The molecule has 0 rings (SSSR count). The Balaban J connectivity index is 3.46. The third-order valence-electron chi connectivity index (χ3n) is 1.83. The average Bonchev–Trinajstić information content (AvgIpc) is 2.10. The van der Waals surface area contributed by atoms with Crippen molar-refractivity contribution in [2.75, 3.05) is 19.8 Å². The van der Waals surface area contributed by atoms with Gasteiger partial charge in [-0.05, 0) is 12.8 Å². The van der Waals surface area contributed by atoms with Crippen LogP contribution in [0, 0.1) is 5.92 Å². The Hall–Kier alpha value is -0.610. The van der Waals surface area contributed by atoms with Gasteiger partial charge >= 0.3 is 0 Å². The Kier molecular flexibility index (Phi) is 6.54. The molecule has 1 atom stereocenters. The first-order valence-corrected chi connectivity index (χ1v) is 4.68. The summed E-state index contributed by atoms with van der Waals surface area (Å²) in [5.74, 6) is 0.283. The first-order valence-electron chi connectivity index (χ1n) is 4.68. The largest absolute Gasteiger partial charge is 0.372 e. The number of nitrogens with two attached hydrogens (primary N) is 1. The average molecular weight is 188 g/mol. The number of rotatable bonds is 6. The molecular formula is C9H20N2O2. The van der Waals surface area contributed by atoms with Gasteiger partial charge < -0.3 is 15.8 Å². The molecule has 4 nitrogen and oxygen atoms in total. The van der Waals surface area contributed by atoms with E-state index in [0.29, 0.717) is 19.1 Å². The first-order chi connectivity index (χ1) is 6.07. The van der Waals surface area contributed by atoms with E-state index in [9.17, 15) is 4.79 Å². The van der Waals surface area contributed by atoms with Crippen LogP contribution in [-0.2, 0) is 9.53 Å². The molecule has 13 heavy (non-hydrogen) atoms. The minimum absolute atomic E-state index is 0.0191. The third-order valence-corrected chi connectivity index (χ3v) is 1.83. The lowest BCUT2D eigenvalue weighted by atomic mass is 10.1. The Morgan fingerprint density at radius 3 is 2.62 bits per heavy atom. The zero-order chi connectivity index (χ0) is 10.3. The van der Waals surface area contributed by atoms with E-state index in [4.69, 9.17) is 10.5 Å². The third kappa shape index (κ3) is 6.54. The molecule has 1 amide bonds. The smallest absolute Gasteiger partial charge is 0.246 e. The molecule has 0 fully saturated rings. The summed E-state index contributed by atoms with van der Waals surface area (Å²) < 4.78 is 4.94. The van der Waals surface area contributed by atoms with Gasteiger partial charge in [-0.1, -0.05) is 13.8 Å². The number of carbonyl (C=O) groups is 1. The van der Waals surface area contributed by atoms with Crippen molar-refractivity contribution in [2.24, 2.45) is 11.7 Å². The van der Waals surface area contributed by atoms with E-state index < -0.39 is 0 Å². The van der Waals surface area contributed by atoms with Gasteiger partial charge in [0, 0.05) is 19.2 Å². The van der Waals surface area contributed by atoms with Crippen LogP contribution in [0.25, 0.3) is 0 Å². The summed E-state index contributed by atoms with van der Waals surface area (Å²) in [7, 11) is 0. The Bertz CT molecular complexity index is 149. The fourth-order valence-electron chi connectivity index (χ4n) is 0.713. The highest BCUT2D eigenvalue weighted by Gasteiger charge is 2.08. The van der Waals surface area contributed by atoms with Gasteiger partial charge in [-0.3, -0.25) is 4.79 Å². The number of nitrogens with one attached hydrogen (secondary N) is 1. The van der Waals surface area contributed by atoms with Crippen LogP contribution in [0.5, 0.6) is 0 Å². The predicted molar refractivity (Wildman–Crippen MR) is 52.3 cm³/mol. The molecule has 0 aromatic rings. The van der Waals surface area contributed by atoms with Crippen LogP contribution in [0.15, 0.2) is 0 Å². The van der Waals surface area contributed by atoms with Crippen LogP contribution in [0.3, 0.4) is 0 Å². The molecule has 0 aliphatic heterocycles. The lowest BCUT2D eigenvalue weighted by Gasteiger charge is -2.15. The summed E-state index contributed by atoms with van der Waals surface area (Å²) in [6.07, 6.45) is 0. The highest BCUT2D eigenvalue weighted by atomic mass is 16.5. The van der Waals surface area contributed by atoms with E-state index in [1.165, 1.54) is 0 Å². The summed E-state index contributed by atoms with van der Waals surface area (Å²) in [5, 5.41) is 2.71. The zero-order valence-corrected chi connectivity index (χ0v) is 8.67. The molecule has 0 saturated heterocycles. The quantitative estimate of drug-likeness (QED) is 0.622. The van der Waals surface area contributed by atoms with Crippen molar-refractivity contribution >= 4 is 5.91 Å². The van der Waals surface area contributed by atoms with Crippen LogP contribution in [0.2, 0.25) is 0 Å². The molecule has 78 valence electrons. The second-order valence-electron chi connectivity index (χ2n) is 3.35. The van der Waals surface area contributed by atoms with Crippen LogP contribution in [-0.4, -0.2) is 31.7 Å². The van der Waals surface area contributed by atoms with E-state index in [1.807, 2.05) is 20.8 Å². The second kappa shape index (κ2) is 6.86. The summed E-state index contributed by atoms with van der Waals surface area (Å²) in [6, 6.07) is 0.0191. The van der Waals surface area contributed by atoms with Crippen LogP contribution in [0.4, 0.5) is 0 Å². The molecule has 4 heteroatoms. The number of amides is 1. The van der Waals surface area contributed by atoms with E-state index in [2.05, 4.69) is 5.32 Å². The van der Waals surface area contributed by atoms with E-state index in [1.54, 1.807) is 0 Å². The van der Waals surface area contributed by atoms with Crippen molar-refractivity contribution in [1.29, 1.82) is 0 Å². The van der Waals surface area contributed by atoms with Crippen LogP contribution in [0.1, 0.15) is 20.8 Å². The Labute approximate surface area is 79.8 Å². The van der Waals surface area contributed by atoms with Crippen molar-refractivity contribution in [2.45, 2.75) is 26.8 Å². The minimum Gasteiger partial charge on any atom is -0.372 e. The van der Waals surface area contributed by atoms with E-state index >= 15 is 0 Å². The summed E-state index contributed by atoms with van der Waals surface area (Å²) >= 11 is 0. The molecule has 0 radical (unpaired) electrons. The van der Waals surface area contributed by atoms with Gasteiger partial charge in [-0.15, -0.1) is 0 Å². The molecule has 0 aromatic heterocycles. The molecule has 0 aliphatic rings. The number of ether oxygens (including phenoxy) is 1.